The van der Waals surface area contributed by atoms with E-state index < -0.39 is 0 Å². The summed E-state index contributed by atoms with van der Waals surface area (Å²) in [7, 11) is 0. The van der Waals surface area contributed by atoms with Crippen LogP contribution in [0.5, 0.6) is 0 Å². The van der Waals surface area contributed by atoms with Crippen LogP contribution >= 0.6 is 0 Å². The molecule has 612 valence electrons. The van der Waals surface area contributed by atoms with E-state index in [4.69, 9.17) is 0 Å². The molecule has 0 aliphatic rings. The van der Waals surface area contributed by atoms with E-state index >= 15 is 0 Å². The van der Waals surface area contributed by atoms with Crippen LogP contribution in [-0.4, -0.2) is 36.5 Å². The molecule has 0 spiro atoms. The Hall–Kier alpha value is -17.2. The van der Waals surface area contributed by atoms with Crippen LogP contribution in [0.3, 0.4) is 0 Å². The van der Waals surface area contributed by atoms with E-state index in [-0.39, 0.29) is 0 Å². The predicted octanol–water partition coefficient (Wildman–Crippen LogP) is 32.1. The molecule has 0 fully saturated rings. The number of hydrogen-bond donors (Lipinski definition) is 0. The predicted molar refractivity (Wildman–Crippen MR) is 550 cm³/mol. The number of nitrogens with zero attached hydrogens (tertiary/aromatic N) is 8. The molecule has 130 heavy (non-hydrogen) atoms. The van der Waals surface area contributed by atoms with Crippen molar-refractivity contribution in [2.75, 3.05) is 0 Å². The van der Waals surface area contributed by atoms with Crippen LogP contribution in [0.2, 0.25) is 0 Å². The first kappa shape index (κ1) is 75.3. The van der Waals surface area contributed by atoms with Crippen molar-refractivity contribution in [1.82, 2.24) is 36.5 Å². The molecule has 8 aromatic heterocycles. The highest BCUT2D eigenvalue weighted by Crippen LogP contribution is 2.47. The molecule has 0 aliphatic carbocycles. The van der Waals surface area contributed by atoms with Gasteiger partial charge in [0.25, 0.3) is 0 Å². The first-order chi connectivity index (χ1) is 64.4. The summed E-state index contributed by atoms with van der Waals surface area (Å²) < 4.78 is 19.1. The van der Waals surface area contributed by atoms with Crippen molar-refractivity contribution in [1.29, 1.82) is 0 Å². The highest BCUT2D eigenvalue weighted by Gasteiger charge is 2.25. The quantitative estimate of drug-likeness (QED) is 0.145. The summed E-state index contributed by atoms with van der Waals surface area (Å²) in [6.45, 7) is 4.33. The number of hydrogen-bond acceptors (Lipinski definition) is 0. The molecule has 0 atom stereocenters. The van der Waals surface area contributed by atoms with Crippen LogP contribution in [0, 0.1) is 13.8 Å². The maximum atomic E-state index is 2.41. The monoisotopic (exact) mass is 1660 g/mol. The topological polar surface area (TPSA) is 39.4 Å². The molecular formula is C122H84N8. The summed E-state index contributed by atoms with van der Waals surface area (Å²) in [6.07, 6.45) is 0. The SMILES string of the molecule is Cc1ccc2c(c1)c1cc3c4ccccc4n(-c4ccccc4)c3cc1n2-c1ccccc1.Cc1cccc(-n2c3ccccc3c3cc4c5ccccc5n(-c5ccccc5)c4cc32)c1.c1ccc(-n2c3ccccc3c3c4c5ccccc5n(-c5ccccc5)c4ccc32)cc1.c1ccc(-n2c3ccccc3c3cc4c(cc32)c2ccccc2n4-c2ccccc2)cc1. The van der Waals surface area contributed by atoms with Gasteiger partial charge in [0, 0.05) is 132 Å². The van der Waals surface area contributed by atoms with Crippen molar-refractivity contribution in [3.05, 3.63) is 484 Å². The molecule has 28 rings (SSSR count). The van der Waals surface area contributed by atoms with Crippen molar-refractivity contribution in [2.24, 2.45) is 0 Å². The average molecular weight is 1660 g/mol. The van der Waals surface area contributed by atoms with Gasteiger partial charge < -0.3 is 36.5 Å². The highest BCUT2D eigenvalue weighted by atomic mass is 15.0. The third-order valence-corrected chi connectivity index (χ3v) is 26.5. The van der Waals surface area contributed by atoms with E-state index in [1.807, 2.05) is 0 Å². The first-order valence-corrected chi connectivity index (χ1v) is 44.7. The maximum absolute atomic E-state index is 2.41. The minimum atomic E-state index is 1.18. The molecule has 0 saturated heterocycles. The molecule has 0 saturated carbocycles. The van der Waals surface area contributed by atoms with Crippen LogP contribution in [0.15, 0.2) is 473 Å². The van der Waals surface area contributed by atoms with Gasteiger partial charge in [0.1, 0.15) is 0 Å². The second-order valence-corrected chi connectivity index (χ2v) is 34.0. The van der Waals surface area contributed by atoms with Crippen LogP contribution in [-0.2, 0) is 0 Å². The van der Waals surface area contributed by atoms with Gasteiger partial charge in [-0.05, 0) is 220 Å². The molecule has 0 N–H and O–H groups in total. The first-order valence-electron chi connectivity index (χ1n) is 44.7. The van der Waals surface area contributed by atoms with Gasteiger partial charge in [0.2, 0.25) is 0 Å². The van der Waals surface area contributed by atoms with Crippen molar-refractivity contribution in [3.8, 4) is 45.5 Å². The smallest absolute Gasteiger partial charge is 0.0562 e. The third-order valence-electron chi connectivity index (χ3n) is 26.5. The van der Waals surface area contributed by atoms with E-state index in [9.17, 15) is 0 Å². The molecule has 0 radical (unpaired) electrons. The van der Waals surface area contributed by atoms with Gasteiger partial charge in [-0.1, -0.05) is 279 Å². The third kappa shape index (κ3) is 12.1. The number of rotatable bonds is 8. The van der Waals surface area contributed by atoms with E-state index in [1.54, 1.807) is 0 Å². The minimum absolute atomic E-state index is 1.18. The van der Waals surface area contributed by atoms with Crippen LogP contribution in [0.4, 0.5) is 0 Å². The zero-order valence-electron chi connectivity index (χ0n) is 71.6. The van der Waals surface area contributed by atoms with Gasteiger partial charge in [-0.2, -0.15) is 0 Å². The average Bonchev–Trinajstić information content (AvgIpc) is 1.54. The largest absolute Gasteiger partial charge is 0.309 e. The molecule has 8 heterocycles. The van der Waals surface area contributed by atoms with E-state index in [0.717, 1.165) is 0 Å². The van der Waals surface area contributed by atoms with Gasteiger partial charge in [0.05, 0.1) is 88.3 Å². The molecule has 0 bridgehead atoms. The fourth-order valence-corrected chi connectivity index (χ4v) is 21.0. The van der Waals surface area contributed by atoms with E-state index in [2.05, 4.69) is 524 Å². The number of para-hydroxylation sites is 14. The van der Waals surface area contributed by atoms with Crippen molar-refractivity contribution in [3.63, 3.8) is 0 Å². The molecule has 20 aromatic carbocycles. The number of fused-ring (bicyclic) bond motifs is 25. The summed E-state index contributed by atoms with van der Waals surface area (Å²) in [5.74, 6) is 0. The summed E-state index contributed by atoms with van der Waals surface area (Å²) in [5.41, 5.74) is 31.8. The van der Waals surface area contributed by atoms with Gasteiger partial charge in [-0.25, -0.2) is 0 Å². The Balaban J connectivity index is 0.0000000936. The molecular weight excluding hydrogens is 1580 g/mol. The standard InChI is InChI=1S/2C31H22N2.2C30H20N2/c1-21-16-17-29-25(18-21)27-19-26-24-14-8-9-15-28(24)32(22-10-4-2-5-11-22)30(26)20-31(27)33(29)23-12-6-3-7-13-23;1-21-10-9-13-23(18-21)33-29-17-8-6-15-25(29)27-19-26-24-14-5-7-16-28(24)32(30(26)20-31(27)33)22-11-3-2-4-12-22;1-3-11-21(12-4-1)31-27-17-9-7-15-23(27)25-20-30-26(19-29(25)31)24-16-8-10-18-28(24)32(30)22-13-5-2-6-14-22;1-3-11-21(12-4-1)31-25-17-9-7-15-23(25)29-27(31)19-20-28-30(29)24-16-8-10-18-26(24)32(28)22-13-5-2-6-14-22/h2*2-20H,1H3;2*1-20H. The zero-order valence-corrected chi connectivity index (χ0v) is 71.6. The Kier molecular flexibility index (Phi) is 17.9. The zero-order chi connectivity index (χ0) is 86.0. The Bertz CT molecular complexity index is 8940. The van der Waals surface area contributed by atoms with Crippen LogP contribution < -0.4 is 0 Å². The van der Waals surface area contributed by atoms with Crippen molar-refractivity contribution >= 4 is 174 Å². The van der Waals surface area contributed by atoms with Gasteiger partial charge in [0.15, 0.2) is 0 Å². The molecule has 8 nitrogen and oxygen atoms in total. The second kappa shape index (κ2) is 30.9. The second-order valence-electron chi connectivity index (χ2n) is 34.0. The number of aromatic nitrogens is 8. The van der Waals surface area contributed by atoms with E-state index in [0.29, 0.717) is 0 Å². The molecule has 8 heteroatoms. The minimum Gasteiger partial charge on any atom is -0.309 e. The van der Waals surface area contributed by atoms with Crippen molar-refractivity contribution < 1.29 is 0 Å². The Morgan fingerprint density at radius 3 is 0.592 bits per heavy atom. The Labute approximate surface area is 749 Å². The lowest BCUT2D eigenvalue weighted by atomic mass is 10.1. The number of aryl methyl sites for hydroxylation is 2. The lowest BCUT2D eigenvalue weighted by molar-refractivity contribution is 1.16. The van der Waals surface area contributed by atoms with E-state index in [1.165, 1.54) is 231 Å². The lowest BCUT2D eigenvalue weighted by Gasteiger charge is -2.10. The van der Waals surface area contributed by atoms with Gasteiger partial charge in [-0.3, -0.25) is 0 Å². The maximum Gasteiger partial charge on any atom is 0.0562 e. The lowest BCUT2D eigenvalue weighted by Crippen LogP contribution is -1.96. The van der Waals surface area contributed by atoms with Crippen molar-refractivity contribution in [2.45, 2.75) is 13.8 Å². The number of benzene rings is 20. The molecule has 28 aromatic rings. The van der Waals surface area contributed by atoms with Crippen LogP contribution in [0.25, 0.3) is 220 Å². The summed E-state index contributed by atoms with van der Waals surface area (Å²) in [6, 6.07) is 170. The Morgan fingerprint density at radius 2 is 0.300 bits per heavy atom. The summed E-state index contributed by atoms with van der Waals surface area (Å²) in [5, 5.41) is 20.6. The van der Waals surface area contributed by atoms with Gasteiger partial charge >= 0.3 is 0 Å². The van der Waals surface area contributed by atoms with Crippen LogP contribution in [0.1, 0.15) is 11.1 Å². The highest BCUT2D eigenvalue weighted by molar-refractivity contribution is 6.30. The Morgan fingerprint density at radius 1 is 0.108 bits per heavy atom. The fourth-order valence-electron chi connectivity index (χ4n) is 21.0. The molecule has 0 aliphatic heterocycles. The molecule has 0 unspecified atom stereocenters. The fraction of sp³-hybridized carbons (Fsp3) is 0.0164. The normalized spacial score (nSPS) is 11.8. The summed E-state index contributed by atoms with van der Waals surface area (Å²) >= 11 is 0. The van der Waals surface area contributed by atoms with Gasteiger partial charge in [-0.15, -0.1) is 0 Å². The summed E-state index contributed by atoms with van der Waals surface area (Å²) in [4.78, 5) is 0. The molecule has 0 amide bonds.